The first-order chi connectivity index (χ1) is 12.5. The van der Waals surface area contributed by atoms with E-state index in [1.54, 1.807) is 6.08 Å². The maximum Gasteiger partial charge on any atom is 0.253 e. The van der Waals surface area contributed by atoms with Gasteiger partial charge in [-0.1, -0.05) is 59.5 Å². The van der Waals surface area contributed by atoms with Crippen molar-refractivity contribution in [2.75, 3.05) is 7.05 Å². The Morgan fingerprint density at radius 1 is 1.27 bits per heavy atom. The quantitative estimate of drug-likeness (QED) is 0.752. The number of halogens is 1. The van der Waals surface area contributed by atoms with Crippen LogP contribution in [0.4, 0.5) is 0 Å². The van der Waals surface area contributed by atoms with Crippen LogP contribution in [-0.2, 0) is 0 Å². The molecule has 2 atom stereocenters. The second-order valence-electron chi connectivity index (χ2n) is 7.20. The summed E-state index contributed by atoms with van der Waals surface area (Å²) in [5.41, 5.74) is 8.51. The highest BCUT2D eigenvalue weighted by molar-refractivity contribution is 9.10. The normalized spacial score (nSPS) is 21.7. The molecule has 0 spiro atoms. The first-order valence-corrected chi connectivity index (χ1v) is 10.0. The van der Waals surface area contributed by atoms with E-state index in [1.165, 1.54) is 19.3 Å². The van der Waals surface area contributed by atoms with Gasteiger partial charge in [0.05, 0.1) is 0 Å². The zero-order valence-electron chi connectivity index (χ0n) is 15.1. The number of hydrogen-bond acceptors (Lipinski definition) is 3. The van der Waals surface area contributed by atoms with Crippen molar-refractivity contribution in [3.8, 4) is 0 Å². The third kappa shape index (κ3) is 3.99. The average molecular weight is 416 g/mol. The summed E-state index contributed by atoms with van der Waals surface area (Å²) in [6.07, 6.45) is 13.4. The summed E-state index contributed by atoms with van der Waals surface area (Å²) in [4.78, 5) is 14.7. The monoisotopic (exact) mass is 415 g/mol. The lowest BCUT2D eigenvalue weighted by Gasteiger charge is -2.31. The van der Waals surface area contributed by atoms with Crippen LogP contribution in [0, 0.1) is 11.3 Å². The van der Waals surface area contributed by atoms with Crippen molar-refractivity contribution in [3.63, 3.8) is 0 Å². The molecule has 3 rings (SSSR count). The van der Waals surface area contributed by atoms with Crippen LogP contribution in [0.1, 0.15) is 54.1 Å². The van der Waals surface area contributed by atoms with E-state index in [4.69, 9.17) is 11.1 Å². The van der Waals surface area contributed by atoms with Gasteiger partial charge in [0.1, 0.15) is 0 Å². The van der Waals surface area contributed by atoms with Gasteiger partial charge >= 0.3 is 0 Å². The Labute approximate surface area is 163 Å². The largest absolute Gasteiger partial charge is 0.339 e. The van der Waals surface area contributed by atoms with Crippen molar-refractivity contribution in [2.24, 2.45) is 11.7 Å². The van der Waals surface area contributed by atoms with Gasteiger partial charge in [0, 0.05) is 40.8 Å². The van der Waals surface area contributed by atoms with Crippen molar-refractivity contribution >= 4 is 27.5 Å². The summed E-state index contributed by atoms with van der Waals surface area (Å²) in [6, 6.07) is 5.65. The molecular formula is C21H26BrN3O. The summed E-state index contributed by atoms with van der Waals surface area (Å²) < 4.78 is 0.823. The van der Waals surface area contributed by atoms with Crippen LogP contribution in [0.15, 0.2) is 47.0 Å². The molecule has 3 N–H and O–H groups in total. The molecule has 0 aromatic heterocycles. The van der Waals surface area contributed by atoms with Crippen molar-refractivity contribution in [3.05, 3.63) is 58.1 Å². The molecule has 26 heavy (non-hydrogen) atoms. The highest BCUT2D eigenvalue weighted by Gasteiger charge is 2.26. The molecule has 0 heterocycles. The van der Waals surface area contributed by atoms with Crippen LogP contribution >= 0.6 is 15.9 Å². The minimum Gasteiger partial charge on any atom is -0.339 e. The van der Waals surface area contributed by atoms with Crippen LogP contribution in [-0.4, -0.2) is 29.6 Å². The van der Waals surface area contributed by atoms with Gasteiger partial charge < -0.3 is 16.0 Å². The van der Waals surface area contributed by atoms with E-state index in [1.807, 2.05) is 48.4 Å². The van der Waals surface area contributed by atoms with Gasteiger partial charge in [0.15, 0.2) is 0 Å². The van der Waals surface area contributed by atoms with Gasteiger partial charge in [-0.2, -0.15) is 0 Å². The predicted octanol–water partition coefficient (Wildman–Crippen LogP) is 4.62. The van der Waals surface area contributed by atoms with Crippen LogP contribution in [0.25, 0.3) is 0 Å². The van der Waals surface area contributed by atoms with Gasteiger partial charge in [0.2, 0.25) is 0 Å². The van der Waals surface area contributed by atoms with E-state index in [0.29, 0.717) is 17.3 Å². The van der Waals surface area contributed by atoms with Gasteiger partial charge in [-0.3, -0.25) is 4.79 Å². The lowest BCUT2D eigenvalue weighted by Crippen LogP contribution is -2.38. The number of benzene rings is 1. The molecule has 0 saturated heterocycles. The molecule has 1 saturated carbocycles. The van der Waals surface area contributed by atoms with E-state index in [9.17, 15) is 4.79 Å². The highest BCUT2D eigenvalue weighted by atomic mass is 79.9. The zero-order chi connectivity index (χ0) is 18.7. The Morgan fingerprint density at radius 2 is 2.00 bits per heavy atom. The number of nitrogens with two attached hydrogens (primary N) is 1. The van der Waals surface area contributed by atoms with E-state index >= 15 is 0 Å². The average Bonchev–Trinajstić information content (AvgIpc) is 2.67. The van der Waals surface area contributed by atoms with Crippen molar-refractivity contribution in [1.29, 1.82) is 5.41 Å². The van der Waals surface area contributed by atoms with Crippen molar-refractivity contribution < 1.29 is 4.79 Å². The molecule has 0 radical (unpaired) electrons. The fraction of sp³-hybridized carbons (Fsp3) is 0.429. The van der Waals surface area contributed by atoms with Crippen LogP contribution < -0.4 is 5.73 Å². The standard InChI is InChI=1S/C21H26BrN3O/c1-25(15-7-3-2-4-8-15)21(26)14-11-12-16(18(22)13-14)20(24)17-9-5-6-10-19(17)23/h5-6,9-13,15,17,20,23H,2-4,7-8,24H2,1H3. The number of nitrogens with zero attached hydrogens (tertiary/aromatic N) is 1. The fourth-order valence-electron chi connectivity index (χ4n) is 3.83. The Hall–Kier alpha value is -1.72. The maximum atomic E-state index is 12.9. The molecule has 2 aliphatic carbocycles. The van der Waals surface area contributed by atoms with Crippen molar-refractivity contribution in [2.45, 2.75) is 44.2 Å². The number of amides is 1. The van der Waals surface area contributed by atoms with Crippen LogP contribution in [0.3, 0.4) is 0 Å². The van der Waals surface area contributed by atoms with E-state index in [0.717, 1.165) is 22.9 Å². The molecule has 1 amide bonds. The summed E-state index contributed by atoms with van der Waals surface area (Å²) >= 11 is 3.58. The molecule has 0 aliphatic heterocycles. The van der Waals surface area contributed by atoms with Gasteiger partial charge in [-0.25, -0.2) is 0 Å². The fourth-order valence-corrected chi connectivity index (χ4v) is 4.48. The molecule has 5 heteroatoms. The molecular weight excluding hydrogens is 390 g/mol. The Morgan fingerprint density at radius 3 is 2.65 bits per heavy atom. The number of allylic oxidation sites excluding steroid dienone is 3. The molecule has 138 valence electrons. The summed E-state index contributed by atoms with van der Waals surface area (Å²) in [5.74, 6) is -0.0891. The predicted molar refractivity (Wildman–Crippen MR) is 110 cm³/mol. The van der Waals surface area contributed by atoms with Gasteiger partial charge in [0.25, 0.3) is 5.91 Å². The second kappa shape index (κ2) is 8.31. The maximum absolute atomic E-state index is 12.9. The first kappa shape index (κ1) is 19.1. The highest BCUT2D eigenvalue weighted by Crippen LogP contribution is 2.31. The molecule has 0 bridgehead atoms. The van der Waals surface area contributed by atoms with Crippen molar-refractivity contribution in [1.82, 2.24) is 4.90 Å². The number of nitrogens with one attached hydrogen (secondary N) is 1. The summed E-state index contributed by atoms with van der Waals surface area (Å²) in [7, 11) is 1.91. The van der Waals surface area contributed by atoms with E-state index in [2.05, 4.69) is 15.9 Å². The van der Waals surface area contributed by atoms with E-state index < -0.39 is 0 Å². The van der Waals surface area contributed by atoms with E-state index in [-0.39, 0.29) is 17.9 Å². The Balaban J connectivity index is 1.76. The number of hydrogen-bond donors (Lipinski definition) is 2. The number of rotatable bonds is 4. The van der Waals surface area contributed by atoms with Crippen LogP contribution in [0.2, 0.25) is 0 Å². The molecule has 1 aromatic rings. The first-order valence-electron chi connectivity index (χ1n) is 9.24. The molecule has 2 unspecified atom stereocenters. The molecule has 4 nitrogen and oxygen atoms in total. The summed E-state index contributed by atoms with van der Waals surface area (Å²) in [5, 5.41) is 8.08. The third-order valence-corrected chi connectivity index (χ3v) is 6.19. The molecule has 1 fully saturated rings. The second-order valence-corrected chi connectivity index (χ2v) is 8.05. The Kier molecular flexibility index (Phi) is 6.09. The van der Waals surface area contributed by atoms with Crippen LogP contribution in [0.5, 0.6) is 0 Å². The number of carbonyl (C=O) groups excluding carboxylic acids is 1. The topological polar surface area (TPSA) is 70.2 Å². The van der Waals surface area contributed by atoms with Gasteiger partial charge in [-0.15, -0.1) is 0 Å². The van der Waals surface area contributed by atoms with Gasteiger partial charge in [-0.05, 0) is 36.6 Å². The molecule has 1 aromatic carbocycles. The lowest BCUT2D eigenvalue weighted by molar-refractivity contribution is 0.0696. The number of carbonyl (C=O) groups is 1. The Bertz CT molecular complexity index is 750. The smallest absolute Gasteiger partial charge is 0.253 e. The minimum atomic E-state index is -0.321. The third-order valence-electron chi connectivity index (χ3n) is 5.50. The SMILES string of the molecule is CN(C(=O)c1ccc(C(N)C2C=CC=CC2=N)c(Br)c1)C1CCCCC1. The summed E-state index contributed by atoms with van der Waals surface area (Å²) in [6.45, 7) is 0. The molecule has 2 aliphatic rings. The lowest BCUT2D eigenvalue weighted by atomic mass is 9.87. The zero-order valence-corrected chi connectivity index (χ0v) is 16.7. The minimum absolute atomic E-state index is 0.0611.